The average molecular weight is 393 g/mol. The van der Waals surface area contributed by atoms with Gasteiger partial charge in [-0.2, -0.15) is 0 Å². The molecule has 0 radical (unpaired) electrons. The minimum Gasteiger partial charge on any atom is -0.375 e. The van der Waals surface area contributed by atoms with E-state index in [1.54, 1.807) is 14.2 Å². The van der Waals surface area contributed by atoms with Crippen molar-refractivity contribution >= 4 is 17.6 Å². The number of hydrogen-bond acceptors (Lipinski definition) is 4. The number of aliphatic imine (C=N–C) groups is 1. The Morgan fingerprint density at radius 1 is 1.26 bits per heavy atom. The first-order valence-corrected chi connectivity index (χ1v) is 9.67. The summed E-state index contributed by atoms with van der Waals surface area (Å²) in [5, 5.41) is 11.4. The van der Waals surface area contributed by atoms with Gasteiger partial charge in [0.15, 0.2) is 11.7 Å². The Kier molecular flexibility index (Phi) is 8.61. The van der Waals surface area contributed by atoms with Crippen LogP contribution in [0.4, 0.5) is 0 Å². The third kappa shape index (κ3) is 6.26. The molecule has 0 fully saturated rings. The summed E-state index contributed by atoms with van der Waals surface area (Å²) >= 11 is 6.07. The lowest BCUT2D eigenvalue weighted by Gasteiger charge is -2.18. The summed E-state index contributed by atoms with van der Waals surface area (Å²) in [4.78, 5) is 4.25. The van der Waals surface area contributed by atoms with E-state index in [0.29, 0.717) is 30.0 Å². The van der Waals surface area contributed by atoms with Gasteiger partial charge in [-0.3, -0.25) is 4.99 Å². The fraction of sp³-hybridized carbons (Fsp3) is 0.500. The Hall–Kier alpha value is -2.05. The number of guanidine groups is 1. The van der Waals surface area contributed by atoms with Crippen LogP contribution in [0.3, 0.4) is 0 Å². The Bertz CT molecular complexity index is 728. The fourth-order valence-corrected chi connectivity index (χ4v) is 3.14. The van der Waals surface area contributed by atoms with Crippen LogP contribution in [0.1, 0.15) is 55.7 Å². The van der Waals surface area contributed by atoms with E-state index in [-0.39, 0.29) is 6.10 Å². The van der Waals surface area contributed by atoms with Crippen LogP contribution in [0.15, 0.2) is 39.8 Å². The van der Waals surface area contributed by atoms with Crippen LogP contribution >= 0.6 is 11.6 Å². The molecule has 0 bridgehead atoms. The topological polar surface area (TPSA) is 71.7 Å². The molecule has 1 heterocycles. The molecular formula is C20H29ClN4O2. The van der Waals surface area contributed by atoms with Crippen molar-refractivity contribution in [3.63, 3.8) is 0 Å². The van der Waals surface area contributed by atoms with Crippen molar-refractivity contribution in [2.45, 2.75) is 45.3 Å². The SMILES string of the molecule is CCC(CC)c1cc(CNC(=NC)NCC(OC)c2cccc(Cl)c2)on1. The Labute approximate surface area is 166 Å². The van der Waals surface area contributed by atoms with Gasteiger partial charge >= 0.3 is 0 Å². The maximum absolute atomic E-state index is 6.07. The molecule has 0 saturated heterocycles. The van der Waals surface area contributed by atoms with E-state index < -0.39 is 0 Å². The van der Waals surface area contributed by atoms with E-state index in [4.69, 9.17) is 20.9 Å². The van der Waals surface area contributed by atoms with Gasteiger partial charge in [-0.15, -0.1) is 0 Å². The second-order valence-electron chi connectivity index (χ2n) is 6.32. The average Bonchev–Trinajstić information content (AvgIpc) is 3.14. The van der Waals surface area contributed by atoms with Crippen molar-refractivity contribution in [1.82, 2.24) is 15.8 Å². The Balaban J connectivity index is 1.88. The lowest BCUT2D eigenvalue weighted by Crippen LogP contribution is -2.39. The number of benzene rings is 1. The summed E-state index contributed by atoms with van der Waals surface area (Å²) in [7, 11) is 3.41. The highest BCUT2D eigenvalue weighted by molar-refractivity contribution is 6.30. The van der Waals surface area contributed by atoms with Gasteiger partial charge in [0.2, 0.25) is 0 Å². The van der Waals surface area contributed by atoms with Gasteiger partial charge in [0.05, 0.1) is 18.3 Å². The van der Waals surface area contributed by atoms with Gasteiger partial charge in [-0.05, 0) is 30.5 Å². The number of nitrogens with zero attached hydrogens (tertiary/aromatic N) is 2. The van der Waals surface area contributed by atoms with Gasteiger partial charge in [0.25, 0.3) is 0 Å². The van der Waals surface area contributed by atoms with E-state index in [1.807, 2.05) is 30.3 Å². The van der Waals surface area contributed by atoms with Gasteiger partial charge in [-0.25, -0.2) is 0 Å². The standard InChI is InChI=1S/C20H29ClN4O2/c1-5-14(6-2)18-11-17(27-25-18)12-23-20(22-3)24-13-19(26-4)15-8-7-9-16(21)10-15/h7-11,14,19H,5-6,12-13H2,1-4H3,(H2,22,23,24). The third-order valence-corrected chi connectivity index (χ3v) is 4.83. The molecule has 1 aromatic heterocycles. The molecule has 0 aliphatic rings. The van der Waals surface area contributed by atoms with Crippen LogP contribution in [0.5, 0.6) is 0 Å². The number of methoxy groups -OCH3 is 1. The maximum atomic E-state index is 6.07. The molecule has 0 aliphatic carbocycles. The number of nitrogens with one attached hydrogen (secondary N) is 2. The first kappa shape index (κ1) is 21.3. The highest BCUT2D eigenvalue weighted by Crippen LogP contribution is 2.22. The van der Waals surface area contributed by atoms with Crippen molar-refractivity contribution in [3.8, 4) is 0 Å². The summed E-state index contributed by atoms with van der Waals surface area (Å²) in [6.07, 6.45) is 1.98. The number of rotatable bonds is 9. The van der Waals surface area contributed by atoms with Gasteiger partial charge in [0.1, 0.15) is 0 Å². The highest BCUT2D eigenvalue weighted by Gasteiger charge is 2.14. The van der Waals surface area contributed by atoms with Crippen molar-refractivity contribution in [3.05, 3.63) is 52.4 Å². The van der Waals surface area contributed by atoms with Gasteiger partial charge in [-0.1, -0.05) is 42.7 Å². The van der Waals surface area contributed by atoms with E-state index >= 15 is 0 Å². The summed E-state index contributed by atoms with van der Waals surface area (Å²) in [6.45, 7) is 5.41. The zero-order valence-corrected chi connectivity index (χ0v) is 17.2. The molecule has 2 rings (SSSR count). The molecule has 2 N–H and O–H groups in total. The zero-order chi connectivity index (χ0) is 19.6. The second kappa shape index (κ2) is 10.9. The summed E-state index contributed by atoms with van der Waals surface area (Å²) in [5.74, 6) is 1.90. The molecule has 0 saturated carbocycles. The van der Waals surface area contributed by atoms with Gasteiger partial charge in [0, 0.05) is 37.7 Å². The van der Waals surface area contributed by atoms with Crippen molar-refractivity contribution in [1.29, 1.82) is 0 Å². The second-order valence-corrected chi connectivity index (χ2v) is 6.75. The van der Waals surface area contributed by atoms with Crippen LogP contribution in [-0.2, 0) is 11.3 Å². The van der Waals surface area contributed by atoms with Gasteiger partial charge < -0.3 is 19.9 Å². The number of halogens is 1. The van der Waals surface area contributed by atoms with Crippen LogP contribution < -0.4 is 10.6 Å². The van der Waals surface area contributed by atoms with Crippen LogP contribution in [0.2, 0.25) is 5.02 Å². The highest BCUT2D eigenvalue weighted by atomic mass is 35.5. The molecule has 1 atom stereocenters. The molecule has 0 spiro atoms. The number of ether oxygens (including phenoxy) is 1. The van der Waals surface area contributed by atoms with Crippen LogP contribution in [-0.4, -0.2) is 31.8 Å². The Morgan fingerprint density at radius 3 is 2.67 bits per heavy atom. The smallest absolute Gasteiger partial charge is 0.191 e. The summed E-state index contributed by atoms with van der Waals surface area (Å²) < 4.78 is 11.0. The summed E-state index contributed by atoms with van der Waals surface area (Å²) in [5.41, 5.74) is 2.03. The molecule has 7 heteroatoms. The van der Waals surface area contributed by atoms with Crippen molar-refractivity contribution in [2.24, 2.45) is 4.99 Å². The van der Waals surface area contributed by atoms with E-state index in [0.717, 1.165) is 29.9 Å². The van der Waals surface area contributed by atoms with Crippen molar-refractivity contribution < 1.29 is 9.26 Å². The number of hydrogen-bond donors (Lipinski definition) is 2. The van der Waals surface area contributed by atoms with E-state index in [2.05, 4.69) is 34.6 Å². The van der Waals surface area contributed by atoms with E-state index in [9.17, 15) is 0 Å². The predicted molar refractivity (Wildman–Crippen MR) is 109 cm³/mol. The lowest BCUT2D eigenvalue weighted by atomic mass is 9.99. The largest absolute Gasteiger partial charge is 0.375 e. The Morgan fingerprint density at radius 2 is 2.04 bits per heavy atom. The summed E-state index contributed by atoms with van der Waals surface area (Å²) in [6, 6.07) is 9.67. The first-order chi connectivity index (χ1) is 13.1. The number of aromatic nitrogens is 1. The molecule has 27 heavy (non-hydrogen) atoms. The molecular weight excluding hydrogens is 364 g/mol. The van der Waals surface area contributed by atoms with E-state index in [1.165, 1.54) is 0 Å². The molecule has 6 nitrogen and oxygen atoms in total. The normalized spacial score (nSPS) is 13.0. The molecule has 148 valence electrons. The van der Waals surface area contributed by atoms with Crippen LogP contribution in [0.25, 0.3) is 0 Å². The predicted octanol–water partition coefficient (Wildman–Crippen LogP) is 4.28. The quantitative estimate of drug-likeness (QED) is 0.492. The maximum Gasteiger partial charge on any atom is 0.191 e. The monoisotopic (exact) mass is 392 g/mol. The molecule has 0 amide bonds. The fourth-order valence-electron chi connectivity index (χ4n) is 2.94. The van der Waals surface area contributed by atoms with Crippen LogP contribution in [0, 0.1) is 0 Å². The molecule has 1 unspecified atom stereocenters. The lowest BCUT2D eigenvalue weighted by molar-refractivity contribution is 0.106. The zero-order valence-electron chi connectivity index (χ0n) is 16.5. The molecule has 2 aromatic rings. The minimum absolute atomic E-state index is 0.131. The third-order valence-electron chi connectivity index (χ3n) is 4.59. The minimum atomic E-state index is -0.131. The molecule has 1 aromatic carbocycles. The molecule has 0 aliphatic heterocycles. The van der Waals surface area contributed by atoms with Crippen molar-refractivity contribution in [2.75, 3.05) is 20.7 Å². The first-order valence-electron chi connectivity index (χ1n) is 9.29.